The summed E-state index contributed by atoms with van der Waals surface area (Å²) >= 11 is 0. The third-order valence-corrected chi connectivity index (χ3v) is 3.77. The molecule has 0 spiro atoms. The van der Waals surface area contributed by atoms with Crippen LogP contribution in [0.25, 0.3) is 0 Å². The SMILES string of the molecule is COCCOc1ccc(C(=O)NC(C)(CN)C(C)C)cc1. The minimum absolute atomic E-state index is 0.125. The number of hydrogen-bond acceptors (Lipinski definition) is 4. The first-order valence-corrected chi connectivity index (χ1v) is 7.17. The molecule has 21 heavy (non-hydrogen) atoms. The molecular formula is C16H26N2O3. The van der Waals surface area contributed by atoms with Gasteiger partial charge in [-0.1, -0.05) is 13.8 Å². The largest absolute Gasteiger partial charge is 0.491 e. The minimum atomic E-state index is -0.412. The maximum absolute atomic E-state index is 12.3. The molecule has 0 fully saturated rings. The second-order valence-corrected chi connectivity index (χ2v) is 5.60. The molecular weight excluding hydrogens is 268 g/mol. The first-order valence-electron chi connectivity index (χ1n) is 7.17. The van der Waals surface area contributed by atoms with Gasteiger partial charge in [-0.2, -0.15) is 0 Å². The Morgan fingerprint density at radius 2 is 1.90 bits per heavy atom. The van der Waals surface area contributed by atoms with Gasteiger partial charge in [0.1, 0.15) is 12.4 Å². The van der Waals surface area contributed by atoms with E-state index in [1.165, 1.54) is 0 Å². The van der Waals surface area contributed by atoms with Crippen LogP contribution in [0.15, 0.2) is 24.3 Å². The number of rotatable bonds is 8. The summed E-state index contributed by atoms with van der Waals surface area (Å²) in [6.07, 6.45) is 0. The highest BCUT2D eigenvalue weighted by Crippen LogP contribution is 2.17. The van der Waals surface area contributed by atoms with Gasteiger partial charge in [0.2, 0.25) is 0 Å². The number of hydrogen-bond donors (Lipinski definition) is 2. The lowest BCUT2D eigenvalue weighted by molar-refractivity contribution is 0.0883. The topological polar surface area (TPSA) is 73.6 Å². The number of nitrogens with one attached hydrogen (secondary N) is 1. The molecule has 118 valence electrons. The van der Waals surface area contributed by atoms with Gasteiger partial charge in [-0.25, -0.2) is 0 Å². The molecule has 0 heterocycles. The van der Waals surface area contributed by atoms with Crippen molar-refractivity contribution < 1.29 is 14.3 Å². The summed E-state index contributed by atoms with van der Waals surface area (Å²) in [5.41, 5.74) is 5.96. The highest BCUT2D eigenvalue weighted by atomic mass is 16.5. The van der Waals surface area contributed by atoms with Crippen molar-refractivity contribution >= 4 is 5.91 Å². The number of carbonyl (C=O) groups excluding carboxylic acids is 1. The summed E-state index contributed by atoms with van der Waals surface area (Å²) in [7, 11) is 1.62. The Morgan fingerprint density at radius 3 is 2.38 bits per heavy atom. The molecule has 0 aliphatic heterocycles. The third kappa shape index (κ3) is 5.02. The molecule has 5 nitrogen and oxygen atoms in total. The summed E-state index contributed by atoms with van der Waals surface area (Å²) < 4.78 is 10.4. The van der Waals surface area contributed by atoms with Crippen LogP contribution < -0.4 is 15.8 Å². The molecule has 1 aromatic rings. The van der Waals surface area contributed by atoms with E-state index in [2.05, 4.69) is 5.32 Å². The smallest absolute Gasteiger partial charge is 0.251 e. The fourth-order valence-electron chi connectivity index (χ4n) is 1.71. The predicted octanol–water partition coefficient (Wildman–Crippen LogP) is 1.81. The van der Waals surface area contributed by atoms with Gasteiger partial charge in [0.25, 0.3) is 5.91 Å². The van der Waals surface area contributed by atoms with Crippen LogP contribution in [-0.2, 0) is 4.74 Å². The summed E-state index contributed by atoms with van der Waals surface area (Å²) in [6.45, 7) is 7.46. The molecule has 5 heteroatoms. The molecule has 0 saturated heterocycles. The molecule has 1 aromatic carbocycles. The predicted molar refractivity (Wildman–Crippen MR) is 83.6 cm³/mol. The first-order chi connectivity index (χ1) is 9.92. The molecule has 3 N–H and O–H groups in total. The normalized spacial score (nSPS) is 13.8. The Labute approximate surface area is 126 Å². The van der Waals surface area contributed by atoms with Gasteiger partial charge in [-0.15, -0.1) is 0 Å². The molecule has 1 amide bonds. The van der Waals surface area contributed by atoms with Gasteiger partial charge >= 0.3 is 0 Å². The molecule has 0 saturated carbocycles. The summed E-state index contributed by atoms with van der Waals surface area (Å²) in [6, 6.07) is 7.04. The number of nitrogens with two attached hydrogens (primary N) is 1. The molecule has 1 unspecified atom stereocenters. The molecule has 0 bridgehead atoms. The van der Waals surface area contributed by atoms with Gasteiger partial charge < -0.3 is 20.5 Å². The van der Waals surface area contributed by atoms with Gasteiger partial charge in [0, 0.05) is 19.2 Å². The lowest BCUT2D eigenvalue weighted by atomic mass is 9.88. The van der Waals surface area contributed by atoms with E-state index in [9.17, 15) is 4.79 Å². The minimum Gasteiger partial charge on any atom is -0.491 e. The van der Waals surface area contributed by atoms with Gasteiger partial charge in [-0.05, 0) is 37.1 Å². The molecule has 0 aliphatic rings. The number of benzene rings is 1. The van der Waals surface area contributed by atoms with Crippen LogP contribution in [0.4, 0.5) is 0 Å². The molecule has 0 aromatic heterocycles. The second-order valence-electron chi connectivity index (χ2n) is 5.60. The fourth-order valence-corrected chi connectivity index (χ4v) is 1.71. The highest BCUT2D eigenvalue weighted by molar-refractivity contribution is 5.94. The zero-order chi connectivity index (χ0) is 15.9. The van der Waals surface area contributed by atoms with Crippen molar-refractivity contribution in [2.45, 2.75) is 26.3 Å². The Balaban J connectivity index is 2.67. The van der Waals surface area contributed by atoms with Crippen LogP contribution in [0, 0.1) is 5.92 Å². The summed E-state index contributed by atoms with van der Waals surface area (Å²) in [4.78, 5) is 12.3. The van der Waals surface area contributed by atoms with E-state index in [0.717, 1.165) is 0 Å². The van der Waals surface area contributed by atoms with Gasteiger partial charge in [0.15, 0.2) is 0 Å². The van der Waals surface area contributed by atoms with Crippen molar-refractivity contribution in [1.29, 1.82) is 0 Å². The van der Waals surface area contributed by atoms with Crippen molar-refractivity contribution in [3.05, 3.63) is 29.8 Å². The van der Waals surface area contributed by atoms with Crippen molar-refractivity contribution in [1.82, 2.24) is 5.32 Å². The van der Waals surface area contributed by atoms with Crippen LogP contribution in [0.2, 0.25) is 0 Å². The number of amides is 1. The van der Waals surface area contributed by atoms with E-state index >= 15 is 0 Å². The molecule has 1 atom stereocenters. The molecule has 0 aliphatic carbocycles. The monoisotopic (exact) mass is 294 g/mol. The van der Waals surface area contributed by atoms with E-state index in [1.807, 2.05) is 20.8 Å². The van der Waals surface area contributed by atoms with Crippen molar-refractivity contribution in [2.75, 3.05) is 26.9 Å². The average Bonchev–Trinajstić information content (AvgIpc) is 2.47. The lowest BCUT2D eigenvalue weighted by Gasteiger charge is -2.33. The maximum Gasteiger partial charge on any atom is 0.251 e. The van der Waals surface area contributed by atoms with E-state index in [1.54, 1.807) is 31.4 Å². The van der Waals surface area contributed by atoms with Gasteiger partial charge in [-0.3, -0.25) is 4.79 Å². The Morgan fingerprint density at radius 1 is 1.29 bits per heavy atom. The van der Waals surface area contributed by atoms with E-state index < -0.39 is 5.54 Å². The summed E-state index contributed by atoms with van der Waals surface area (Å²) in [5.74, 6) is 0.845. The lowest BCUT2D eigenvalue weighted by Crippen LogP contribution is -2.55. The third-order valence-electron chi connectivity index (χ3n) is 3.77. The van der Waals surface area contributed by atoms with Gasteiger partial charge in [0.05, 0.1) is 12.1 Å². The highest BCUT2D eigenvalue weighted by Gasteiger charge is 2.28. The van der Waals surface area contributed by atoms with Crippen molar-refractivity contribution in [3.63, 3.8) is 0 Å². The zero-order valence-electron chi connectivity index (χ0n) is 13.3. The summed E-state index contributed by atoms with van der Waals surface area (Å²) in [5, 5.41) is 3.01. The Kier molecular flexibility index (Phi) is 6.65. The number of carbonyl (C=O) groups is 1. The first kappa shape index (κ1) is 17.5. The fraction of sp³-hybridized carbons (Fsp3) is 0.562. The standard InChI is InChI=1S/C16H26N2O3/c1-12(2)16(3,11-17)18-15(19)13-5-7-14(8-6-13)21-10-9-20-4/h5-8,12H,9-11,17H2,1-4H3,(H,18,19). The van der Waals surface area contributed by atoms with Crippen LogP contribution >= 0.6 is 0 Å². The quantitative estimate of drug-likeness (QED) is 0.717. The van der Waals surface area contributed by atoms with Crippen LogP contribution in [0.3, 0.4) is 0 Å². The van der Waals surface area contributed by atoms with E-state index in [0.29, 0.717) is 31.1 Å². The van der Waals surface area contributed by atoms with Crippen molar-refractivity contribution in [3.8, 4) is 5.75 Å². The van der Waals surface area contributed by atoms with Crippen LogP contribution in [-0.4, -0.2) is 38.3 Å². The Bertz CT molecular complexity index is 445. The number of methoxy groups -OCH3 is 1. The molecule has 0 radical (unpaired) electrons. The van der Waals surface area contributed by atoms with E-state index in [-0.39, 0.29) is 11.8 Å². The zero-order valence-corrected chi connectivity index (χ0v) is 13.3. The average molecular weight is 294 g/mol. The number of ether oxygens (including phenoxy) is 2. The van der Waals surface area contributed by atoms with E-state index in [4.69, 9.17) is 15.2 Å². The van der Waals surface area contributed by atoms with Crippen molar-refractivity contribution in [2.24, 2.45) is 11.7 Å². The van der Waals surface area contributed by atoms with Crippen LogP contribution in [0.1, 0.15) is 31.1 Å². The maximum atomic E-state index is 12.3. The second kappa shape index (κ2) is 8.00. The Hall–Kier alpha value is -1.59. The molecule has 1 rings (SSSR count). The van der Waals surface area contributed by atoms with Crippen LogP contribution in [0.5, 0.6) is 5.75 Å².